The van der Waals surface area contributed by atoms with Gasteiger partial charge >= 0.3 is 0 Å². The van der Waals surface area contributed by atoms with Crippen molar-refractivity contribution in [3.63, 3.8) is 0 Å². The van der Waals surface area contributed by atoms with Crippen LogP contribution in [0.1, 0.15) is 25.5 Å². The maximum absolute atomic E-state index is 13.4. The molecule has 0 aliphatic heterocycles. The first kappa shape index (κ1) is 13.1. The second-order valence-corrected chi connectivity index (χ2v) is 4.17. The summed E-state index contributed by atoms with van der Waals surface area (Å²) >= 11 is 0. The molecule has 0 spiro atoms. The lowest BCUT2D eigenvalue weighted by molar-refractivity contribution is 0.106. The van der Waals surface area contributed by atoms with Gasteiger partial charge in [0.25, 0.3) is 0 Å². The molecule has 0 fully saturated rings. The monoisotopic (exact) mass is 229 g/mol. The van der Waals surface area contributed by atoms with Crippen molar-refractivity contribution in [1.29, 1.82) is 0 Å². The number of rotatable bonds is 4. The topological polar surface area (TPSA) is 32.3 Å². The molecule has 4 heteroatoms. The zero-order valence-electron chi connectivity index (χ0n) is 9.67. The van der Waals surface area contributed by atoms with E-state index in [0.717, 1.165) is 12.1 Å². The molecule has 1 aromatic carbocycles. The van der Waals surface area contributed by atoms with E-state index in [9.17, 15) is 13.9 Å². The van der Waals surface area contributed by atoms with E-state index >= 15 is 0 Å². The van der Waals surface area contributed by atoms with Gasteiger partial charge in [0.1, 0.15) is 11.6 Å². The molecule has 0 aliphatic carbocycles. The number of benzene rings is 1. The van der Waals surface area contributed by atoms with Gasteiger partial charge in [-0.1, -0.05) is 19.9 Å². The first-order valence-electron chi connectivity index (χ1n) is 5.27. The minimum absolute atomic E-state index is 0.120. The number of aliphatic hydroxyl groups excluding tert-OH is 1. The number of nitrogens with one attached hydrogen (secondary N) is 1. The summed E-state index contributed by atoms with van der Waals surface area (Å²) in [5.74, 6) is -1.21. The van der Waals surface area contributed by atoms with Crippen LogP contribution >= 0.6 is 0 Å². The maximum Gasteiger partial charge on any atom is 0.131 e. The van der Waals surface area contributed by atoms with Crippen LogP contribution in [0.2, 0.25) is 0 Å². The fraction of sp³-hybridized carbons (Fsp3) is 0.500. The molecule has 1 rings (SSSR count). The van der Waals surface area contributed by atoms with Gasteiger partial charge in [0.15, 0.2) is 0 Å². The molecule has 0 aromatic heterocycles. The standard InChI is InChI=1S/C12H17F2NO/c1-7(2)11(15-3)12(16)9-5-4-8(13)6-10(9)14/h4-7,11-12,15-16H,1-3H3. The van der Waals surface area contributed by atoms with E-state index in [4.69, 9.17) is 0 Å². The van der Waals surface area contributed by atoms with Crippen LogP contribution in [0.5, 0.6) is 0 Å². The van der Waals surface area contributed by atoms with Crippen molar-refractivity contribution < 1.29 is 13.9 Å². The van der Waals surface area contributed by atoms with Crippen molar-refractivity contribution in [2.75, 3.05) is 7.05 Å². The van der Waals surface area contributed by atoms with Gasteiger partial charge < -0.3 is 10.4 Å². The van der Waals surface area contributed by atoms with Gasteiger partial charge in [0, 0.05) is 17.7 Å². The normalized spacial score (nSPS) is 15.2. The predicted octanol–water partition coefficient (Wildman–Crippen LogP) is 2.24. The van der Waals surface area contributed by atoms with E-state index in [2.05, 4.69) is 5.32 Å². The summed E-state index contributed by atoms with van der Waals surface area (Å²) in [5, 5.41) is 12.9. The van der Waals surface area contributed by atoms with Gasteiger partial charge in [0.2, 0.25) is 0 Å². The molecule has 2 atom stereocenters. The quantitative estimate of drug-likeness (QED) is 0.830. The molecule has 0 amide bonds. The number of likely N-dealkylation sites (N-methyl/N-ethyl adjacent to an activating group) is 1. The van der Waals surface area contributed by atoms with E-state index in [1.54, 1.807) is 7.05 Å². The zero-order valence-corrected chi connectivity index (χ0v) is 9.67. The smallest absolute Gasteiger partial charge is 0.131 e. The summed E-state index contributed by atoms with van der Waals surface area (Å²) in [7, 11) is 1.70. The number of hydrogen-bond donors (Lipinski definition) is 2. The molecule has 2 N–H and O–H groups in total. The zero-order chi connectivity index (χ0) is 12.3. The Balaban J connectivity index is 2.99. The summed E-state index contributed by atoms with van der Waals surface area (Å²) in [5.41, 5.74) is 0.120. The second-order valence-electron chi connectivity index (χ2n) is 4.17. The molecule has 90 valence electrons. The lowest BCUT2D eigenvalue weighted by atomic mass is 9.93. The molecular formula is C12H17F2NO. The summed E-state index contributed by atoms with van der Waals surface area (Å²) in [6.45, 7) is 3.84. The fourth-order valence-corrected chi connectivity index (χ4v) is 1.79. The summed E-state index contributed by atoms with van der Waals surface area (Å²) < 4.78 is 26.1. The molecule has 0 heterocycles. The van der Waals surface area contributed by atoms with Crippen molar-refractivity contribution in [1.82, 2.24) is 5.32 Å². The minimum Gasteiger partial charge on any atom is -0.387 e. The highest BCUT2D eigenvalue weighted by atomic mass is 19.1. The predicted molar refractivity (Wildman–Crippen MR) is 59.0 cm³/mol. The van der Waals surface area contributed by atoms with Crippen LogP contribution in [0.4, 0.5) is 8.78 Å². The van der Waals surface area contributed by atoms with Gasteiger partial charge in [-0.05, 0) is 19.0 Å². The third kappa shape index (κ3) is 2.77. The number of hydrogen-bond acceptors (Lipinski definition) is 2. The SMILES string of the molecule is CNC(C(C)C)C(O)c1ccc(F)cc1F. The highest BCUT2D eigenvalue weighted by Crippen LogP contribution is 2.24. The van der Waals surface area contributed by atoms with Gasteiger partial charge in [-0.25, -0.2) is 8.78 Å². The Bertz CT molecular complexity index is 355. The molecule has 0 saturated heterocycles. The third-order valence-electron chi connectivity index (χ3n) is 2.67. The van der Waals surface area contributed by atoms with Gasteiger partial charge in [-0.15, -0.1) is 0 Å². The van der Waals surface area contributed by atoms with Crippen LogP contribution in [0.25, 0.3) is 0 Å². The molecule has 2 unspecified atom stereocenters. The van der Waals surface area contributed by atoms with Crippen LogP contribution < -0.4 is 5.32 Å². The lowest BCUT2D eigenvalue weighted by Crippen LogP contribution is -2.37. The van der Waals surface area contributed by atoms with Crippen molar-refractivity contribution >= 4 is 0 Å². The van der Waals surface area contributed by atoms with Gasteiger partial charge in [-0.3, -0.25) is 0 Å². The first-order chi connectivity index (χ1) is 7.47. The Morgan fingerprint density at radius 2 is 1.88 bits per heavy atom. The first-order valence-corrected chi connectivity index (χ1v) is 5.27. The third-order valence-corrected chi connectivity index (χ3v) is 2.67. The lowest BCUT2D eigenvalue weighted by Gasteiger charge is -2.26. The Hall–Kier alpha value is -1.00. The van der Waals surface area contributed by atoms with Gasteiger partial charge in [0.05, 0.1) is 6.10 Å². The number of halogens is 2. The van der Waals surface area contributed by atoms with Crippen LogP contribution in [0, 0.1) is 17.6 Å². The molecule has 0 aliphatic rings. The van der Waals surface area contributed by atoms with Crippen molar-refractivity contribution in [2.24, 2.45) is 5.92 Å². The fourth-order valence-electron chi connectivity index (χ4n) is 1.79. The second kappa shape index (κ2) is 5.37. The van der Waals surface area contributed by atoms with E-state index in [0.29, 0.717) is 0 Å². The van der Waals surface area contributed by atoms with E-state index < -0.39 is 17.7 Å². The average molecular weight is 229 g/mol. The summed E-state index contributed by atoms with van der Waals surface area (Å²) in [6, 6.07) is 2.95. The van der Waals surface area contributed by atoms with Crippen molar-refractivity contribution in [3.05, 3.63) is 35.4 Å². The highest BCUT2D eigenvalue weighted by molar-refractivity contribution is 5.22. The average Bonchev–Trinajstić information content (AvgIpc) is 2.17. The van der Waals surface area contributed by atoms with Crippen molar-refractivity contribution in [2.45, 2.75) is 26.0 Å². The van der Waals surface area contributed by atoms with E-state index in [1.807, 2.05) is 13.8 Å². The molecule has 0 saturated carbocycles. The number of aliphatic hydroxyl groups is 1. The molecule has 2 nitrogen and oxygen atoms in total. The maximum atomic E-state index is 13.4. The van der Waals surface area contributed by atoms with Gasteiger partial charge in [-0.2, -0.15) is 0 Å². The Morgan fingerprint density at radius 3 is 2.31 bits per heavy atom. The molecule has 16 heavy (non-hydrogen) atoms. The minimum atomic E-state index is -0.981. The van der Waals surface area contributed by atoms with Crippen LogP contribution in [0.3, 0.4) is 0 Å². The Kier molecular flexibility index (Phi) is 4.38. The molecule has 1 aromatic rings. The Morgan fingerprint density at radius 1 is 1.25 bits per heavy atom. The highest BCUT2D eigenvalue weighted by Gasteiger charge is 2.24. The van der Waals surface area contributed by atoms with Crippen LogP contribution in [-0.2, 0) is 0 Å². The van der Waals surface area contributed by atoms with Crippen LogP contribution in [0.15, 0.2) is 18.2 Å². The van der Waals surface area contributed by atoms with E-state index in [1.165, 1.54) is 6.07 Å². The van der Waals surface area contributed by atoms with Crippen LogP contribution in [-0.4, -0.2) is 18.2 Å². The Labute approximate surface area is 94.3 Å². The summed E-state index contributed by atoms with van der Waals surface area (Å²) in [4.78, 5) is 0. The summed E-state index contributed by atoms with van der Waals surface area (Å²) in [6.07, 6.45) is -0.981. The molecule has 0 radical (unpaired) electrons. The molecular weight excluding hydrogens is 212 g/mol. The van der Waals surface area contributed by atoms with E-state index in [-0.39, 0.29) is 17.5 Å². The van der Waals surface area contributed by atoms with Crippen molar-refractivity contribution in [3.8, 4) is 0 Å². The molecule has 0 bridgehead atoms. The largest absolute Gasteiger partial charge is 0.387 e.